The van der Waals surface area contributed by atoms with Gasteiger partial charge in [-0.15, -0.1) is 0 Å². The molecule has 1 aliphatic heterocycles. The first kappa shape index (κ1) is 14.5. The second kappa shape index (κ2) is 6.53. The number of benzene rings is 1. The van der Waals surface area contributed by atoms with Crippen LogP contribution in [0.1, 0.15) is 25.3 Å². The Kier molecular flexibility index (Phi) is 4.99. The Morgan fingerprint density at radius 2 is 2.11 bits per heavy atom. The minimum absolute atomic E-state index is 0.177. The predicted octanol–water partition coefficient (Wildman–Crippen LogP) is 2.80. The van der Waals surface area contributed by atoms with Crippen molar-refractivity contribution in [1.82, 2.24) is 10.2 Å². The molecule has 0 saturated carbocycles. The van der Waals surface area contributed by atoms with Gasteiger partial charge in [0.2, 0.25) is 5.91 Å². The van der Waals surface area contributed by atoms with Crippen molar-refractivity contribution in [2.24, 2.45) is 5.92 Å². The Morgan fingerprint density at radius 3 is 2.74 bits per heavy atom. The molecule has 4 heteroatoms. The number of nitrogens with zero attached hydrogens (tertiary/aromatic N) is 1. The molecule has 2 atom stereocenters. The number of carbonyl (C=O) groups excluding carboxylic acids is 1. The van der Waals surface area contributed by atoms with Crippen LogP contribution in [0, 0.1) is 5.92 Å². The third-order valence-electron chi connectivity index (χ3n) is 3.68. The molecular weight excluding hydrogens is 304 g/mol. The Hall–Kier alpha value is -0.870. The van der Waals surface area contributed by atoms with Crippen LogP contribution in [0.4, 0.5) is 0 Å². The van der Waals surface area contributed by atoms with Crippen LogP contribution in [-0.2, 0) is 11.3 Å². The topological polar surface area (TPSA) is 32.3 Å². The molecule has 0 spiro atoms. The molecule has 0 radical (unpaired) electrons. The summed E-state index contributed by atoms with van der Waals surface area (Å²) < 4.78 is 1.07. The van der Waals surface area contributed by atoms with Crippen LogP contribution in [0.15, 0.2) is 28.7 Å². The number of hydrogen-bond donors (Lipinski definition) is 1. The van der Waals surface area contributed by atoms with Gasteiger partial charge in [-0.3, -0.25) is 4.79 Å². The van der Waals surface area contributed by atoms with Gasteiger partial charge in [-0.25, -0.2) is 0 Å². The molecule has 2 rings (SSSR count). The maximum Gasteiger partial charge on any atom is 0.225 e. The molecule has 1 aromatic rings. The van der Waals surface area contributed by atoms with E-state index in [1.54, 1.807) is 0 Å². The van der Waals surface area contributed by atoms with Gasteiger partial charge in [0.05, 0.1) is 0 Å². The van der Waals surface area contributed by atoms with Gasteiger partial charge in [0, 0.05) is 30.0 Å². The lowest BCUT2D eigenvalue weighted by atomic mass is 9.92. The molecule has 3 nitrogen and oxygen atoms in total. The van der Waals surface area contributed by atoms with Crippen LogP contribution in [0.2, 0.25) is 0 Å². The monoisotopic (exact) mass is 324 g/mol. The average Bonchev–Trinajstić information content (AvgIpc) is 2.40. The minimum atomic E-state index is 0.177. The summed E-state index contributed by atoms with van der Waals surface area (Å²) in [5, 5.41) is 3.39. The molecule has 0 bridgehead atoms. The summed E-state index contributed by atoms with van der Waals surface area (Å²) in [7, 11) is 1.90. The first-order valence-corrected chi connectivity index (χ1v) is 7.58. The van der Waals surface area contributed by atoms with E-state index in [2.05, 4.69) is 40.3 Å². The molecule has 19 heavy (non-hydrogen) atoms. The van der Waals surface area contributed by atoms with Crippen molar-refractivity contribution in [3.8, 4) is 0 Å². The van der Waals surface area contributed by atoms with E-state index in [0.717, 1.165) is 23.9 Å². The first-order chi connectivity index (χ1) is 9.06. The second-order valence-electron chi connectivity index (χ2n) is 5.40. The Balaban J connectivity index is 1.93. The predicted molar refractivity (Wildman–Crippen MR) is 80.8 cm³/mol. The van der Waals surface area contributed by atoms with Crippen LogP contribution in [-0.4, -0.2) is 30.4 Å². The van der Waals surface area contributed by atoms with Crippen LogP contribution < -0.4 is 5.32 Å². The van der Waals surface area contributed by atoms with Gasteiger partial charge in [0.15, 0.2) is 0 Å². The fraction of sp³-hybridized carbons (Fsp3) is 0.533. The Bertz CT molecular complexity index is 432. The summed E-state index contributed by atoms with van der Waals surface area (Å²) in [6, 6.07) is 8.59. The Morgan fingerprint density at radius 1 is 1.42 bits per heavy atom. The summed E-state index contributed by atoms with van der Waals surface area (Å²) in [4.78, 5) is 14.3. The number of amides is 1. The van der Waals surface area contributed by atoms with Gasteiger partial charge in [-0.05, 0) is 44.0 Å². The standard InChI is InChI=1S/C15H21BrN2O/c1-11-9-13(7-8-17-11)15(19)18(2)10-12-3-5-14(16)6-4-12/h3-6,11,13,17H,7-10H2,1-2H3. The summed E-state index contributed by atoms with van der Waals surface area (Å²) in [5.41, 5.74) is 1.17. The van der Waals surface area contributed by atoms with E-state index in [1.807, 2.05) is 24.1 Å². The highest BCUT2D eigenvalue weighted by atomic mass is 79.9. The first-order valence-electron chi connectivity index (χ1n) is 6.79. The van der Waals surface area contributed by atoms with E-state index >= 15 is 0 Å². The number of piperidine rings is 1. The maximum atomic E-state index is 12.4. The summed E-state index contributed by atoms with van der Waals surface area (Å²) in [6.45, 7) is 3.78. The van der Waals surface area contributed by atoms with Crippen LogP contribution in [0.25, 0.3) is 0 Å². The molecule has 0 aliphatic carbocycles. The van der Waals surface area contributed by atoms with Crippen LogP contribution >= 0.6 is 15.9 Å². The van der Waals surface area contributed by atoms with Gasteiger partial charge in [-0.2, -0.15) is 0 Å². The zero-order valence-electron chi connectivity index (χ0n) is 11.5. The van der Waals surface area contributed by atoms with Crippen LogP contribution in [0.5, 0.6) is 0 Å². The molecule has 1 saturated heterocycles. The molecule has 1 heterocycles. The molecule has 1 aliphatic rings. The summed E-state index contributed by atoms with van der Waals surface area (Å²) in [5.74, 6) is 0.452. The van der Waals surface area contributed by atoms with Crippen LogP contribution in [0.3, 0.4) is 0 Å². The highest BCUT2D eigenvalue weighted by molar-refractivity contribution is 9.10. The summed E-state index contributed by atoms with van der Waals surface area (Å²) >= 11 is 3.42. The van der Waals surface area contributed by atoms with Crippen molar-refractivity contribution < 1.29 is 4.79 Å². The largest absolute Gasteiger partial charge is 0.341 e. The number of rotatable bonds is 3. The van der Waals surface area contributed by atoms with E-state index in [1.165, 1.54) is 5.56 Å². The third kappa shape index (κ3) is 4.05. The van der Waals surface area contributed by atoms with Gasteiger partial charge < -0.3 is 10.2 Å². The molecule has 1 fully saturated rings. The van der Waals surface area contributed by atoms with E-state index in [4.69, 9.17) is 0 Å². The normalized spacial score (nSPS) is 23.1. The van der Waals surface area contributed by atoms with Gasteiger partial charge in [-0.1, -0.05) is 28.1 Å². The van der Waals surface area contributed by atoms with E-state index in [0.29, 0.717) is 12.6 Å². The molecule has 2 unspecified atom stereocenters. The highest BCUT2D eigenvalue weighted by Crippen LogP contribution is 2.19. The lowest BCUT2D eigenvalue weighted by molar-refractivity contribution is -0.135. The van der Waals surface area contributed by atoms with Gasteiger partial charge in [0.25, 0.3) is 0 Å². The molecular formula is C15H21BrN2O. The van der Waals surface area contributed by atoms with E-state index < -0.39 is 0 Å². The number of hydrogen-bond acceptors (Lipinski definition) is 2. The molecule has 0 aromatic heterocycles. The second-order valence-corrected chi connectivity index (χ2v) is 6.31. The number of nitrogens with one attached hydrogen (secondary N) is 1. The third-order valence-corrected chi connectivity index (χ3v) is 4.21. The average molecular weight is 325 g/mol. The van der Waals surface area contributed by atoms with Crippen molar-refractivity contribution in [1.29, 1.82) is 0 Å². The lowest BCUT2D eigenvalue weighted by Gasteiger charge is -2.30. The lowest BCUT2D eigenvalue weighted by Crippen LogP contribution is -2.42. The Labute approximate surface area is 123 Å². The molecule has 1 amide bonds. The highest BCUT2D eigenvalue weighted by Gasteiger charge is 2.26. The quantitative estimate of drug-likeness (QED) is 0.927. The number of halogens is 1. The van der Waals surface area contributed by atoms with E-state index in [-0.39, 0.29) is 11.8 Å². The zero-order chi connectivity index (χ0) is 13.8. The van der Waals surface area contributed by atoms with Gasteiger partial charge in [0.1, 0.15) is 0 Å². The molecule has 1 aromatic carbocycles. The van der Waals surface area contributed by atoms with Crippen molar-refractivity contribution in [2.45, 2.75) is 32.4 Å². The van der Waals surface area contributed by atoms with Crippen molar-refractivity contribution in [3.63, 3.8) is 0 Å². The zero-order valence-corrected chi connectivity index (χ0v) is 13.1. The van der Waals surface area contributed by atoms with Crippen molar-refractivity contribution in [2.75, 3.05) is 13.6 Å². The van der Waals surface area contributed by atoms with Crippen molar-refractivity contribution >= 4 is 21.8 Å². The fourth-order valence-electron chi connectivity index (χ4n) is 2.61. The number of carbonyl (C=O) groups is 1. The summed E-state index contributed by atoms with van der Waals surface area (Å²) in [6.07, 6.45) is 1.90. The van der Waals surface area contributed by atoms with Gasteiger partial charge >= 0.3 is 0 Å². The fourth-order valence-corrected chi connectivity index (χ4v) is 2.87. The van der Waals surface area contributed by atoms with E-state index in [9.17, 15) is 4.79 Å². The molecule has 1 N–H and O–H groups in total. The SMILES string of the molecule is CC1CC(C(=O)N(C)Cc2ccc(Br)cc2)CCN1. The molecule has 104 valence electrons. The maximum absolute atomic E-state index is 12.4. The smallest absolute Gasteiger partial charge is 0.225 e. The minimum Gasteiger partial charge on any atom is -0.341 e. The van der Waals surface area contributed by atoms with Crippen molar-refractivity contribution in [3.05, 3.63) is 34.3 Å².